The molecule has 19 heavy (non-hydrogen) atoms. The van der Waals surface area contributed by atoms with Crippen LogP contribution in [0, 0.1) is 13.8 Å². The van der Waals surface area contributed by atoms with Gasteiger partial charge in [0, 0.05) is 13.0 Å². The van der Waals surface area contributed by atoms with Crippen LogP contribution in [0.15, 0.2) is 42.5 Å². The largest absolute Gasteiger partial charge is 0.494 e. The number of aryl methyl sites for hydroxylation is 1. The molecule has 0 saturated carbocycles. The number of aliphatic hydroxyl groups excluding tert-OH is 1. The first-order valence-electron chi connectivity index (χ1n) is 6.62. The molecule has 2 rings (SSSR count). The van der Waals surface area contributed by atoms with Gasteiger partial charge in [0.15, 0.2) is 0 Å². The number of rotatable bonds is 5. The SMILES string of the molecule is Cc1cccc(-c2ccc(OCCCO)cc2)c1C. The first kappa shape index (κ1) is 13.6. The Bertz CT molecular complexity index is 529. The van der Waals surface area contributed by atoms with E-state index >= 15 is 0 Å². The van der Waals surface area contributed by atoms with Gasteiger partial charge in [-0.3, -0.25) is 0 Å². The third-order valence-electron chi connectivity index (χ3n) is 3.34. The highest BCUT2D eigenvalue weighted by molar-refractivity contribution is 5.68. The van der Waals surface area contributed by atoms with Crippen LogP contribution in [0.25, 0.3) is 11.1 Å². The topological polar surface area (TPSA) is 29.5 Å². The van der Waals surface area contributed by atoms with E-state index in [2.05, 4.69) is 44.2 Å². The van der Waals surface area contributed by atoms with E-state index in [9.17, 15) is 0 Å². The predicted octanol–water partition coefficient (Wildman–Crippen LogP) is 3.73. The van der Waals surface area contributed by atoms with Crippen LogP contribution in [0.3, 0.4) is 0 Å². The van der Waals surface area contributed by atoms with Crippen molar-refractivity contribution in [1.82, 2.24) is 0 Å². The van der Waals surface area contributed by atoms with Gasteiger partial charge in [-0.15, -0.1) is 0 Å². The molecule has 0 aromatic heterocycles. The first-order valence-corrected chi connectivity index (χ1v) is 6.62. The number of benzene rings is 2. The van der Waals surface area contributed by atoms with Crippen molar-refractivity contribution in [3.8, 4) is 16.9 Å². The summed E-state index contributed by atoms with van der Waals surface area (Å²) in [7, 11) is 0. The Kier molecular flexibility index (Phi) is 4.58. The fourth-order valence-corrected chi connectivity index (χ4v) is 2.05. The lowest BCUT2D eigenvalue weighted by molar-refractivity contribution is 0.233. The van der Waals surface area contributed by atoms with Crippen LogP contribution in [0.2, 0.25) is 0 Å². The molecule has 0 aliphatic carbocycles. The Hall–Kier alpha value is -1.80. The maximum absolute atomic E-state index is 8.71. The monoisotopic (exact) mass is 256 g/mol. The van der Waals surface area contributed by atoms with Crippen molar-refractivity contribution >= 4 is 0 Å². The van der Waals surface area contributed by atoms with Crippen molar-refractivity contribution in [1.29, 1.82) is 0 Å². The van der Waals surface area contributed by atoms with E-state index in [1.165, 1.54) is 22.3 Å². The highest BCUT2D eigenvalue weighted by Gasteiger charge is 2.03. The average molecular weight is 256 g/mol. The minimum Gasteiger partial charge on any atom is -0.494 e. The summed E-state index contributed by atoms with van der Waals surface area (Å²) in [6.07, 6.45) is 0.665. The van der Waals surface area contributed by atoms with Gasteiger partial charge in [0.1, 0.15) is 5.75 Å². The number of hydrogen-bond donors (Lipinski definition) is 1. The van der Waals surface area contributed by atoms with Crippen LogP contribution in [-0.4, -0.2) is 18.3 Å². The summed E-state index contributed by atoms with van der Waals surface area (Å²) in [5.74, 6) is 0.850. The Balaban J connectivity index is 2.16. The van der Waals surface area contributed by atoms with E-state index in [4.69, 9.17) is 9.84 Å². The molecule has 0 aliphatic rings. The molecule has 1 N–H and O–H groups in total. The zero-order chi connectivity index (χ0) is 13.7. The van der Waals surface area contributed by atoms with E-state index in [0.717, 1.165) is 5.75 Å². The molecule has 2 aromatic rings. The summed E-state index contributed by atoms with van der Waals surface area (Å²) >= 11 is 0. The molecule has 2 nitrogen and oxygen atoms in total. The maximum atomic E-state index is 8.71. The molecule has 0 atom stereocenters. The third-order valence-corrected chi connectivity index (χ3v) is 3.34. The second-order valence-corrected chi connectivity index (χ2v) is 4.70. The van der Waals surface area contributed by atoms with Crippen LogP contribution < -0.4 is 4.74 Å². The highest BCUT2D eigenvalue weighted by Crippen LogP contribution is 2.27. The van der Waals surface area contributed by atoms with Gasteiger partial charge >= 0.3 is 0 Å². The first-order chi connectivity index (χ1) is 9.22. The summed E-state index contributed by atoms with van der Waals surface area (Å²) in [5.41, 5.74) is 5.09. The van der Waals surface area contributed by atoms with Gasteiger partial charge in [0.25, 0.3) is 0 Å². The normalized spacial score (nSPS) is 10.5. The molecular formula is C17H20O2. The zero-order valence-corrected chi connectivity index (χ0v) is 11.5. The summed E-state index contributed by atoms with van der Waals surface area (Å²) in [6, 6.07) is 14.5. The molecule has 0 aliphatic heterocycles. The highest BCUT2D eigenvalue weighted by atomic mass is 16.5. The minimum atomic E-state index is 0.167. The molecular weight excluding hydrogens is 236 g/mol. The van der Waals surface area contributed by atoms with Gasteiger partial charge < -0.3 is 9.84 Å². The molecule has 100 valence electrons. The van der Waals surface area contributed by atoms with E-state index in [1.807, 2.05) is 12.1 Å². The van der Waals surface area contributed by atoms with Gasteiger partial charge in [-0.05, 0) is 48.2 Å². The number of aliphatic hydroxyl groups is 1. The zero-order valence-electron chi connectivity index (χ0n) is 11.5. The second kappa shape index (κ2) is 6.39. The molecule has 0 unspecified atom stereocenters. The average Bonchev–Trinajstić information content (AvgIpc) is 2.43. The van der Waals surface area contributed by atoms with Crippen molar-refractivity contribution < 1.29 is 9.84 Å². The van der Waals surface area contributed by atoms with Crippen LogP contribution in [0.4, 0.5) is 0 Å². The second-order valence-electron chi connectivity index (χ2n) is 4.70. The van der Waals surface area contributed by atoms with Crippen LogP contribution in [0.1, 0.15) is 17.5 Å². The Labute approximate surface area is 114 Å². The van der Waals surface area contributed by atoms with Gasteiger partial charge in [0.05, 0.1) is 6.61 Å². The van der Waals surface area contributed by atoms with Gasteiger partial charge in [-0.2, -0.15) is 0 Å². The van der Waals surface area contributed by atoms with Crippen molar-refractivity contribution in [2.24, 2.45) is 0 Å². The van der Waals surface area contributed by atoms with Crippen molar-refractivity contribution in [2.75, 3.05) is 13.2 Å². The number of hydrogen-bond acceptors (Lipinski definition) is 2. The molecule has 0 amide bonds. The lowest BCUT2D eigenvalue weighted by Crippen LogP contribution is -1.99. The van der Waals surface area contributed by atoms with Gasteiger partial charge in [0.2, 0.25) is 0 Å². The number of ether oxygens (including phenoxy) is 1. The summed E-state index contributed by atoms with van der Waals surface area (Å²) in [6.45, 7) is 5.00. The van der Waals surface area contributed by atoms with E-state index in [0.29, 0.717) is 13.0 Å². The minimum absolute atomic E-state index is 0.167. The van der Waals surface area contributed by atoms with E-state index in [1.54, 1.807) is 0 Å². The summed E-state index contributed by atoms with van der Waals surface area (Å²) in [5, 5.41) is 8.71. The van der Waals surface area contributed by atoms with E-state index in [-0.39, 0.29) is 6.61 Å². The Morgan fingerprint density at radius 3 is 2.42 bits per heavy atom. The Morgan fingerprint density at radius 2 is 1.74 bits per heavy atom. The van der Waals surface area contributed by atoms with Crippen LogP contribution in [0.5, 0.6) is 5.75 Å². The van der Waals surface area contributed by atoms with E-state index < -0.39 is 0 Å². The van der Waals surface area contributed by atoms with Crippen molar-refractivity contribution in [3.63, 3.8) is 0 Å². The standard InChI is InChI=1S/C17H20O2/c1-13-5-3-6-17(14(13)2)15-7-9-16(10-8-15)19-12-4-11-18/h3,5-10,18H,4,11-12H2,1-2H3. The molecule has 0 saturated heterocycles. The lowest BCUT2D eigenvalue weighted by Gasteiger charge is -2.10. The smallest absolute Gasteiger partial charge is 0.119 e. The maximum Gasteiger partial charge on any atom is 0.119 e. The Morgan fingerprint density at radius 1 is 1.00 bits per heavy atom. The fraction of sp³-hybridized carbons (Fsp3) is 0.294. The summed E-state index contributed by atoms with van der Waals surface area (Å²) in [4.78, 5) is 0. The third kappa shape index (κ3) is 3.36. The molecule has 0 spiro atoms. The van der Waals surface area contributed by atoms with Crippen molar-refractivity contribution in [3.05, 3.63) is 53.6 Å². The van der Waals surface area contributed by atoms with Crippen molar-refractivity contribution in [2.45, 2.75) is 20.3 Å². The predicted molar refractivity (Wildman–Crippen MR) is 78.5 cm³/mol. The lowest BCUT2D eigenvalue weighted by atomic mass is 9.97. The van der Waals surface area contributed by atoms with Gasteiger partial charge in [-0.25, -0.2) is 0 Å². The van der Waals surface area contributed by atoms with Crippen LogP contribution in [-0.2, 0) is 0 Å². The molecule has 0 fully saturated rings. The summed E-state index contributed by atoms with van der Waals surface area (Å²) < 4.78 is 5.53. The molecule has 0 radical (unpaired) electrons. The fourth-order valence-electron chi connectivity index (χ4n) is 2.05. The quantitative estimate of drug-likeness (QED) is 0.826. The van der Waals surface area contributed by atoms with Crippen LogP contribution >= 0.6 is 0 Å². The molecule has 2 aromatic carbocycles. The van der Waals surface area contributed by atoms with Gasteiger partial charge in [-0.1, -0.05) is 30.3 Å². The molecule has 0 heterocycles. The molecule has 2 heteroatoms. The molecule has 0 bridgehead atoms.